The molecule has 0 aliphatic heterocycles. The highest BCUT2D eigenvalue weighted by Gasteiger charge is 1.87. The number of nitrogens with one attached hydrogen (secondary N) is 1. The van der Waals surface area contributed by atoms with Gasteiger partial charge in [0.2, 0.25) is 0 Å². The Hall–Kier alpha value is 0.0300. The van der Waals surface area contributed by atoms with Gasteiger partial charge < -0.3 is 9.29 Å². The molecule has 0 saturated heterocycles. The fourth-order valence-corrected chi connectivity index (χ4v) is 0.940. The summed E-state index contributed by atoms with van der Waals surface area (Å²) in [6.07, 6.45) is 1.73. The molecular weight excluding hydrogens is 166 g/mol. The topological polar surface area (TPSA) is 61.4 Å². The van der Waals surface area contributed by atoms with Crippen LogP contribution in [0.4, 0.5) is 0 Å². The van der Waals surface area contributed by atoms with E-state index in [1.54, 1.807) is 0 Å². The molecular formula is C6H14NO3S-. The van der Waals surface area contributed by atoms with Gasteiger partial charge in [-0.2, -0.15) is 0 Å². The Labute approximate surface area is 69.7 Å². The van der Waals surface area contributed by atoms with Gasteiger partial charge in [-0.25, -0.2) is 4.72 Å². The van der Waals surface area contributed by atoms with Crippen molar-refractivity contribution in [3.05, 3.63) is 0 Å². The van der Waals surface area contributed by atoms with E-state index in [2.05, 4.69) is 4.72 Å². The lowest BCUT2D eigenvalue weighted by Crippen LogP contribution is -2.17. The molecule has 0 aromatic heterocycles. The largest absolute Gasteiger partial charge is 0.760 e. The average molecular weight is 180 g/mol. The quantitative estimate of drug-likeness (QED) is 0.449. The molecule has 5 heteroatoms. The predicted octanol–water partition coefficient (Wildman–Crippen LogP) is 0.187. The Morgan fingerprint density at radius 2 is 2.27 bits per heavy atom. The van der Waals surface area contributed by atoms with Crippen molar-refractivity contribution < 1.29 is 13.5 Å². The van der Waals surface area contributed by atoms with E-state index in [0.717, 1.165) is 19.4 Å². The summed E-state index contributed by atoms with van der Waals surface area (Å²) in [6.45, 7) is 3.87. The van der Waals surface area contributed by atoms with Crippen LogP contribution in [-0.4, -0.2) is 28.5 Å². The minimum absolute atomic E-state index is 0.503. The van der Waals surface area contributed by atoms with Crippen LogP contribution in [0.25, 0.3) is 0 Å². The van der Waals surface area contributed by atoms with Crippen molar-refractivity contribution in [1.29, 1.82) is 0 Å². The van der Waals surface area contributed by atoms with Crippen molar-refractivity contribution in [2.75, 3.05) is 19.8 Å². The Kier molecular flexibility index (Phi) is 8.15. The summed E-state index contributed by atoms with van der Waals surface area (Å²) < 4.78 is 27.2. The van der Waals surface area contributed by atoms with Crippen molar-refractivity contribution in [3.63, 3.8) is 0 Å². The summed E-state index contributed by atoms with van der Waals surface area (Å²) in [5.41, 5.74) is 0. The van der Waals surface area contributed by atoms with Gasteiger partial charge in [-0.15, -0.1) is 0 Å². The van der Waals surface area contributed by atoms with Crippen LogP contribution >= 0.6 is 0 Å². The maximum Gasteiger partial charge on any atom is 0.0466 e. The average Bonchev–Trinajstić information content (AvgIpc) is 1.96. The Morgan fingerprint density at radius 3 is 2.82 bits per heavy atom. The summed E-state index contributed by atoms with van der Waals surface area (Å²) in [7, 11) is 0. The molecule has 1 atom stereocenters. The minimum Gasteiger partial charge on any atom is -0.760 e. The van der Waals surface area contributed by atoms with Gasteiger partial charge in [-0.05, 0) is 19.8 Å². The van der Waals surface area contributed by atoms with E-state index in [-0.39, 0.29) is 0 Å². The first-order chi connectivity index (χ1) is 5.27. The zero-order valence-electron chi connectivity index (χ0n) is 6.67. The third-order valence-corrected chi connectivity index (χ3v) is 1.58. The summed E-state index contributed by atoms with van der Waals surface area (Å²) in [4.78, 5) is 0. The monoisotopic (exact) mass is 180 g/mol. The first-order valence-electron chi connectivity index (χ1n) is 3.68. The fraction of sp³-hybridized carbons (Fsp3) is 1.00. The van der Waals surface area contributed by atoms with Gasteiger partial charge in [0.05, 0.1) is 0 Å². The highest BCUT2D eigenvalue weighted by atomic mass is 32.2. The van der Waals surface area contributed by atoms with Crippen molar-refractivity contribution >= 4 is 11.3 Å². The van der Waals surface area contributed by atoms with Gasteiger partial charge in [-0.1, -0.05) is 0 Å². The number of unbranched alkanes of at least 4 members (excludes halogenated alkanes) is 1. The van der Waals surface area contributed by atoms with Gasteiger partial charge in [0, 0.05) is 31.0 Å². The lowest BCUT2D eigenvalue weighted by molar-refractivity contribution is 0.143. The highest BCUT2D eigenvalue weighted by Crippen LogP contribution is 1.87. The second-order valence-electron chi connectivity index (χ2n) is 2.03. The third-order valence-electron chi connectivity index (χ3n) is 1.14. The van der Waals surface area contributed by atoms with E-state index in [1.165, 1.54) is 0 Å². The molecule has 0 radical (unpaired) electrons. The molecule has 0 aliphatic rings. The van der Waals surface area contributed by atoms with E-state index >= 15 is 0 Å². The molecule has 0 heterocycles. The van der Waals surface area contributed by atoms with Crippen LogP contribution in [-0.2, 0) is 16.0 Å². The van der Waals surface area contributed by atoms with Crippen molar-refractivity contribution in [2.24, 2.45) is 0 Å². The van der Waals surface area contributed by atoms with Crippen molar-refractivity contribution in [2.45, 2.75) is 19.8 Å². The van der Waals surface area contributed by atoms with Crippen LogP contribution in [0.5, 0.6) is 0 Å². The van der Waals surface area contributed by atoms with Crippen LogP contribution in [0.3, 0.4) is 0 Å². The second-order valence-corrected chi connectivity index (χ2v) is 2.79. The summed E-state index contributed by atoms with van der Waals surface area (Å²) in [5.74, 6) is 0. The molecule has 0 spiro atoms. The molecule has 0 fully saturated rings. The molecule has 0 bridgehead atoms. The van der Waals surface area contributed by atoms with Crippen molar-refractivity contribution in [3.8, 4) is 0 Å². The molecule has 4 nitrogen and oxygen atoms in total. The van der Waals surface area contributed by atoms with Gasteiger partial charge >= 0.3 is 0 Å². The van der Waals surface area contributed by atoms with Crippen LogP contribution in [0.1, 0.15) is 19.8 Å². The number of rotatable bonds is 7. The first-order valence-corrected chi connectivity index (χ1v) is 4.75. The van der Waals surface area contributed by atoms with E-state index < -0.39 is 11.3 Å². The molecule has 0 aromatic rings. The molecule has 0 aliphatic carbocycles. The zero-order chi connectivity index (χ0) is 8.53. The van der Waals surface area contributed by atoms with E-state index in [1.807, 2.05) is 6.92 Å². The summed E-state index contributed by atoms with van der Waals surface area (Å²) >= 11 is -2.11. The number of hydrogen-bond donors (Lipinski definition) is 1. The summed E-state index contributed by atoms with van der Waals surface area (Å²) in [6, 6.07) is 0. The first kappa shape index (κ1) is 11.0. The molecule has 0 rings (SSSR count). The second kappa shape index (κ2) is 8.13. The van der Waals surface area contributed by atoms with Gasteiger partial charge in [-0.3, -0.25) is 4.21 Å². The van der Waals surface area contributed by atoms with Crippen LogP contribution < -0.4 is 4.72 Å². The minimum atomic E-state index is -2.11. The normalized spacial score (nSPS) is 13.3. The molecule has 0 saturated carbocycles. The predicted molar refractivity (Wildman–Crippen MR) is 42.6 cm³/mol. The fourth-order valence-electron chi connectivity index (χ4n) is 0.629. The lowest BCUT2D eigenvalue weighted by Gasteiger charge is -2.06. The SMILES string of the molecule is CCOCCCCNS(=O)[O-]. The Bertz CT molecular complexity index is 110. The maximum absolute atomic E-state index is 9.95. The zero-order valence-corrected chi connectivity index (χ0v) is 7.49. The maximum atomic E-state index is 9.95. The Balaban J connectivity index is 2.85. The Morgan fingerprint density at radius 1 is 1.55 bits per heavy atom. The smallest absolute Gasteiger partial charge is 0.0466 e. The number of ether oxygens (including phenoxy) is 1. The van der Waals surface area contributed by atoms with Gasteiger partial charge in [0.25, 0.3) is 0 Å². The molecule has 1 N–H and O–H groups in total. The van der Waals surface area contributed by atoms with Crippen LogP contribution in [0.15, 0.2) is 0 Å². The summed E-state index contributed by atoms with van der Waals surface area (Å²) in [5, 5.41) is 0. The standard InChI is InChI=1S/C6H15NO3S/c1-2-10-6-4-3-5-7-11(8)9/h7H,2-6H2,1H3,(H,8,9)/p-1. The molecule has 1 unspecified atom stereocenters. The number of hydrogen-bond acceptors (Lipinski definition) is 3. The third kappa shape index (κ3) is 10.0. The van der Waals surface area contributed by atoms with E-state index in [9.17, 15) is 8.76 Å². The molecule has 0 amide bonds. The molecule has 68 valence electrons. The van der Waals surface area contributed by atoms with Crippen molar-refractivity contribution in [1.82, 2.24) is 4.72 Å². The molecule has 0 aromatic carbocycles. The van der Waals surface area contributed by atoms with Gasteiger partial charge in [0.15, 0.2) is 0 Å². The van der Waals surface area contributed by atoms with E-state index in [4.69, 9.17) is 4.74 Å². The van der Waals surface area contributed by atoms with Gasteiger partial charge in [0.1, 0.15) is 0 Å². The lowest BCUT2D eigenvalue weighted by atomic mass is 10.3. The van der Waals surface area contributed by atoms with E-state index in [0.29, 0.717) is 13.2 Å². The highest BCUT2D eigenvalue weighted by molar-refractivity contribution is 7.77. The van der Waals surface area contributed by atoms with Crippen LogP contribution in [0.2, 0.25) is 0 Å². The van der Waals surface area contributed by atoms with Crippen LogP contribution in [0, 0.1) is 0 Å². The molecule has 11 heavy (non-hydrogen) atoms.